The van der Waals surface area contributed by atoms with Crippen molar-refractivity contribution in [3.8, 4) is 0 Å². The first kappa shape index (κ1) is 11.2. The SMILES string of the molecule is CC(C)(C)OC(=O)Nc1n[nH]nc1C=O. The van der Waals surface area contributed by atoms with Crippen molar-refractivity contribution in [3.05, 3.63) is 5.69 Å². The standard InChI is InChI=1S/C8H12N4O3/c1-8(2,3)15-7(14)9-6-5(4-13)10-12-11-6/h4H,1-3H3,(H2,9,10,11,12,14). The minimum absolute atomic E-state index is 0.0286. The van der Waals surface area contributed by atoms with Crippen molar-refractivity contribution in [1.82, 2.24) is 15.4 Å². The van der Waals surface area contributed by atoms with Crippen molar-refractivity contribution >= 4 is 18.2 Å². The minimum atomic E-state index is -0.681. The van der Waals surface area contributed by atoms with E-state index in [1.54, 1.807) is 20.8 Å². The van der Waals surface area contributed by atoms with Crippen molar-refractivity contribution in [3.63, 3.8) is 0 Å². The van der Waals surface area contributed by atoms with E-state index in [2.05, 4.69) is 20.7 Å². The Morgan fingerprint density at radius 1 is 1.47 bits per heavy atom. The van der Waals surface area contributed by atoms with Crippen LogP contribution in [0.15, 0.2) is 0 Å². The second-order valence-corrected chi connectivity index (χ2v) is 3.80. The third-order valence-corrected chi connectivity index (χ3v) is 1.31. The quantitative estimate of drug-likeness (QED) is 0.712. The van der Waals surface area contributed by atoms with Gasteiger partial charge >= 0.3 is 6.09 Å². The van der Waals surface area contributed by atoms with E-state index in [0.29, 0.717) is 6.29 Å². The molecule has 0 atom stereocenters. The van der Waals surface area contributed by atoms with Gasteiger partial charge in [-0.25, -0.2) is 4.79 Å². The summed E-state index contributed by atoms with van der Waals surface area (Å²) < 4.78 is 4.96. The Bertz CT molecular complexity index is 366. The average molecular weight is 212 g/mol. The molecule has 0 radical (unpaired) electrons. The molecule has 1 aromatic rings. The number of hydrogen-bond acceptors (Lipinski definition) is 5. The van der Waals surface area contributed by atoms with Gasteiger partial charge in [-0.2, -0.15) is 10.3 Å². The first-order chi connectivity index (χ1) is 6.92. The Balaban J connectivity index is 2.63. The van der Waals surface area contributed by atoms with E-state index in [1.165, 1.54) is 0 Å². The Morgan fingerprint density at radius 3 is 2.67 bits per heavy atom. The molecule has 0 aliphatic rings. The summed E-state index contributed by atoms with van der Waals surface area (Å²) >= 11 is 0. The lowest BCUT2D eigenvalue weighted by molar-refractivity contribution is 0.0635. The maximum absolute atomic E-state index is 11.3. The van der Waals surface area contributed by atoms with Gasteiger partial charge in [0.05, 0.1) is 0 Å². The molecule has 0 saturated heterocycles. The largest absolute Gasteiger partial charge is 0.444 e. The molecule has 1 aromatic heterocycles. The molecule has 1 amide bonds. The molecule has 0 aliphatic heterocycles. The van der Waals surface area contributed by atoms with E-state index < -0.39 is 11.7 Å². The Labute approximate surface area is 86.2 Å². The van der Waals surface area contributed by atoms with Crippen LogP contribution >= 0.6 is 0 Å². The fourth-order valence-electron chi connectivity index (χ4n) is 0.814. The van der Waals surface area contributed by atoms with E-state index in [-0.39, 0.29) is 11.5 Å². The molecule has 0 saturated carbocycles. The highest BCUT2D eigenvalue weighted by atomic mass is 16.6. The van der Waals surface area contributed by atoms with Gasteiger partial charge in [0, 0.05) is 0 Å². The molecule has 1 heterocycles. The summed E-state index contributed by atoms with van der Waals surface area (Å²) in [5.41, 5.74) is -0.573. The highest BCUT2D eigenvalue weighted by Gasteiger charge is 2.18. The number of hydrogen-bond donors (Lipinski definition) is 2. The minimum Gasteiger partial charge on any atom is -0.444 e. The molecule has 7 nitrogen and oxygen atoms in total. The van der Waals surface area contributed by atoms with E-state index in [4.69, 9.17) is 4.74 Å². The van der Waals surface area contributed by atoms with Crippen molar-refractivity contribution in [2.75, 3.05) is 5.32 Å². The topological polar surface area (TPSA) is 97.0 Å². The van der Waals surface area contributed by atoms with Crippen LogP contribution in [0.3, 0.4) is 0 Å². The van der Waals surface area contributed by atoms with Crippen LogP contribution in [0.1, 0.15) is 31.3 Å². The summed E-state index contributed by atoms with van der Waals surface area (Å²) in [6, 6.07) is 0. The molecule has 0 aliphatic carbocycles. The number of carbonyl (C=O) groups excluding carboxylic acids is 2. The summed E-state index contributed by atoms with van der Waals surface area (Å²) in [6.07, 6.45) is -0.199. The van der Waals surface area contributed by atoms with Crippen LogP contribution in [-0.2, 0) is 4.74 Å². The van der Waals surface area contributed by atoms with Crippen LogP contribution in [0.2, 0.25) is 0 Å². The molecule has 0 bridgehead atoms. The number of rotatable bonds is 2. The molecule has 0 aromatic carbocycles. The zero-order valence-electron chi connectivity index (χ0n) is 8.70. The zero-order chi connectivity index (χ0) is 11.5. The van der Waals surface area contributed by atoms with Crippen LogP contribution in [-0.4, -0.2) is 33.4 Å². The van der Waals surface area contributed by atoms with Crippen LogP contribution in [0.5, 0.6) is 0 Å². The maximum Gasteiger partial charge on any atom is 0.413 e. The summed E-state index contributed by atoms with van der Waals surface area (Å²) in [5, 5.41) is 11.6. The van der Waals surface area contributed by atoms with Crippen LogP contribution in [0, 0.1) is 0 Å². The molecule has 0 unspecified atom stereocenters. The van der Waals surface area contributed by atoms with Crippen molar-refractivity contribution in [1.29, 1.82) is 0 Å². The lowest BCUT2D eigenvalue weighted by atomic mass is 10.2. The third-order valence-electron chi connectivity index (χ3n) is 1.31. The number of anilines is 1. The van der Waals surface area contributed by atoms with E-state index in [1.807, 2.05) is 0 Å². The zero-order valence-corrected chi connectivity index (χ0v) is 8.70. The Hall–Kier alpha value is -1.92. The maximum atomic E-state index is 11.3. The van der Waals surface area contributed by atoms with Gasteiger partial charge in [0.15, 0.2) is 17.8 Å². The number of carbonyl (C=O) groups is 2. The second-order valence-electron chi connectivity index (χ2n) is 3.80. The van der Waals surface area contributed by atoms with Gasteiger partial charge in [-0.3, -0.25) is 10.1 Å². The number of ether oxygens (including phenoxy) is 1. The van der Waals surface area contributed by atoms with Gasteiger partial charge in [-0.1, -0.05) is 0 Å². The number of nitrogens with zero attached hydrogens (tertiary/aromatic N) is 2. The first-order valence-corrected chi connectivity index (χ1v) is 4.28. The normalized spacial score (nSPS) is 10.9. The summed E-state index contributed by atoms with van der Waals surface area (Å²) in [7, 11) is 0. The number of aromatic amines is 1. The number of aromatic nitrogens is 3. The Kier molecular flexibility index (Phi) is 3.03. The van der Waals surface area contributed by atoms with Gasteiger partial charge in [-0.15, -0.1) is 5.10 Å². The molecule has 82 valence electrons. The van der Waals surface area contributed by atoms with Gasteiger partial charge in [0.25, 0.3) is 0 Å². The molecule has 15 heavy (non-hydrogen) atoms. The fraction of sp³-hybridized carbons (Fsp3) is 0.500. The molecular formula is C8H12N4O3. The summed E-state index contributed by atoms with van der Waals surface area (Å²) in [4.78, 5) is 21.7. The third kappa shape index (κ3) is 3.37. The molecule has 1 rings (SSSR count). The lowest BCUT2D eigenvalue weighted by Gasteiger charge is -2.18. The lowest BCUT2D eigenvalue weighted by Crippen LogP contribution is -2.27. The monoisotopic (exact) mass is 212 g/mol. The van der Waals surface area contributed by atoms with Crippen molar-refractivity contribution in [2.24, 2.45) is 0 Å². The van der Waals surface area contributed by atoms with Gasteiger partial charge < -0.3 is 4.74 Å². The summed E-state index contributed by atoms with van der Waals surface area (Å²) in [5.74, 6) is 0.0549. The molecule has 0 fully saturated rings. The van der Waals surface area contributed by atoms with Crippen molar-refractivity contribution in [2.45, 2.75) is 26.4 Å². The average Bonchev–Trinajstić information content (AvgIpc) is 2.48. The molecule has 7 heteroatoms. The number of amides is 1. The van der Waals surface area contributed by atoms with E-state index >= 15 is 0 Å². The van der Waals surface area contributed by atoms with Crippen LogP contribution in [0.4, 0.5) is 10.6 Å². The van der Waals surface area contributed by atoms with Gasteiger partial charge in [0.1, 0.15) is 5.60 Å². The fourth-order valence-corrected chi connectivity index (χ4v) is 0.814. The van der Waals surface area contributed by atoms with E-state index in [9.17, 15) is 9.59 Å². The van der Waals surface area contributed by atoms with Gasteiger partial charge in [-0.05, 0) is 20.8 Å². The smallest absolute Gasteiger partial charge is 0.413 e. The highest BCUT2D eigenvalue weighted by Crippen LogP contribution is 2.10. The number of aldehydes is 1. The molecular weight excluding hydrogens is 200 g/mol. The predicted octanol–water partition coefficient (Wildman–Crippen LogP) is 0.964. The second kappa shape index (κ2) is 4.07. The van der Waals surface area contributed by atoms with Crippen molar-refractivity contribution < 1.29 is 14.3 Å². The van der Waals surface area contributed by atoms with Gasteiger partial charge in [0.2, 0.25) is 0 Å². The number of nitrogens with one attached hydrogen (secondary N) is 2. The molecule has 2 N–H and O–H groups in total. The first-order valence-electron chi connectivity index (χ1n) is 4.28. The highest BCUT2D eigenvalue weighted by molar-refractivity contribution is 5.89. The van der Waals surface area contributed by atoms with E-state index in [0.717, 1.165) is 0 Å². The number of H-pyrrole nitrogens is 1. The summed E-state index contributed by atoms with van der Waals surface area (Å²) in [6.45, 7) is 5.20. The molecule has 0 spiro atoms. The van der Waals surface area contributed by atoms with Crippen LogP contribution in [0.25, 0.3) is 0 Å². The van der Waals surface area contributed by atoms with Crippen LogP contribution < -0.4 is 5.32 Å². The predicted molar refractivity (Wildman–Crippen MR) is 51.6 cm³/mol. The Morgan fingerprint density at radius 2 is 2.13 bits per heavy atom.